The van der Waals surface area contributed by atoms with Gasteiger partial charge in [0.1, 0.15) is 11.6 Å². The molecule has 8 nitrogen and oxygen atoms in total. The van der Waals surface area contributed by atoms with Gasteiger partial charge in [-0.15, -0.1) is 0 Å². The van der Waals surface area contributed by atoms with Crippen molar-refractivity contribution in [3.63, 3.8) is 0 Å². The molecule has 0 fully saturated rings. The van der Waals surface area contributed by atoms with Crippen LogP contribution >= 0.6 is 47.1 Å². The van der Waals surface area contributed by atoms with E-state index >= 15 is 0 Å². The van der Waals surface area contributed by atoms with E-state index in [1.807, 2.05) is 0 Å². The SMILES string of the molecule is O=P(O)(O)C(NCCNC(c1ccc(Br)cc1)P(=O)(O)O)c1ccc(Br)cc1. The molecule has 2 rings (SSSR count). The van der Waals surface area contributed by atoms with Crippen LogP contribution in [0.5, 0.6) is 0 Å². The van der Waals surface area contributed by atoms with E-state index in [2.05, 4.69) is 42.5 Å². The highest BCUT2D eigenvalue weighted by Gasteiger charge is 2.32. The molecule has 2 aromatic rings. The van der Waals surface area contributed by atoms with Gasteiger partial charge < -0.3 is 19.6 Å². The predicted octanol–water partition coefficient (Wildman–Crippen LogP) is 3.44. The van der Waals surface area contributed by atoms with E-state index in [1.54, 1.807) is 48.5 Å². The molecule has 2 aromatic carbocycles. The molecule has 28 heavy (non-hydrogen) atoms. The molecule has 0 heterocycles. The molecule has 12 heteroatoms. The van der Waals surface area contributed by atoms with Crippen molar-refractivity contribution in [3.05, 3.63) is 68.6 Å². The molecule has 2 atom stereocenters. The molecular weight excluding hydrogens is 538 g/mol. The Bertz CT molecular complexity index is 796. The van der Waals surface area contributed by atoms with E-state index in [9.17, 15) is 28.7 Å². The number of nitrogens with one attached hydrogen (secondary N) is 2. The Kier molecular flexibility index (Phi) is 8.61. The molecule has 6 N–H and O–H groups in total. The van der Waals surface area contributed by atoms with E-state index in [1.165, 1.54) is 0 Å². The minimum Gasteiger partial charge on any atom is -0.323 e. The molecule has 0 aliphatic heterocycles. The highest BCUT2D eigenvalue weighted by molar-refractivity contribution is 9.10. The zero-order valence-electron chi connectivity index (χ0n) is 14.4. The maximum absolute atomic E-state index is 11.8. The third-order valence-electron chi connectivity index (χ3n) is 3.84. The Morgan fingerprint density at radius 3 is 1.21 bits per heavy atom. The Morgan fingerprint density at radius 1 is 0.679 bits per heavy atom. The topological polar surface area (TPSA) is 139 Å². The number of hydrogen-bond donors (Lipinski definition) is 6. The van der Waals surface area contributed by atoms with Crippen LogP contribution in [0.15, 0.2) is 57.5 Å². The predicted molar refractivity (Wildman–Crippen MR) is 114 cm³/mol. The third kappa shape index (κ3) is 7.15. The average Bonchev–Trinajstić information content (AvgIpc) is 2.58. The fourth-order valence-corrected chi connectivity index (χ4v) is 4.95. The summed E-state index contributed by atoms with van der Waals surface area (Å²) in [5.41, 5.74) is 0.826. The van der Waals surface area contributed by atoms with Gasteiger partial charge in [-0.1, -0.05) is 56.1 Å². The summed E-state index contributed by atoms with van der Waals surface area (Å²) in [4.78, 5) is 38.5. The van der Waals surface area contributed by atoms with E-state index in [-0.39, 0.29) is 13.1 Å². The molecule has 0 aromatic heterocycles. The molecule has 0 amide bonds. The molecule has 154 valence electrons. The maximum Gasteiger partial charge on any atom is 0.346 e. The van der Waals surface area contributed by atoms with Crippen molar-refractivity contribution in [2.24, 2.45) is 0 Å². The lowest BCUT2D eigenvalue weighted by Gasteiger charge is -2.23. The van der Waals surface area contributed by atoms with Crippen molar-refractivity contribution in [3.8, 4) is 0 Å². The maximum atomic E-state index is 11.8. The smallest absolute Gasteiger partial charge is 0.323 e. The summed E-state index contributed by atoms with van der Waals surface area (Å²) in [6.07, 6.45) is 0. The summed E-state index contributed by atoms with van der Waals surface area (Å²) >= 11 is 6.54. The minimum atomic E-state index is -4.49. The second-order valence-electron chi connectivity index (χ2n) is 5.99. The zero-order valence-corrected chi connectivity index (χ0v) is 19.4. The lowest BCUT2D eigenvalue weighted by molar-refractivity contribution is 0.339. The summed E-state index contributed by atoms with van der Waals surface area (Å²) in [6.45, 7) is 0.164. The molecule has 0 saturated heterocycles. The van der Waals surface area contributed by atoms with Crippen molar-refractivity contribution in [2.75, 3.05) is 13.1 Å². The quantitative estimate of drug-likeness (QED) is 0.204. The molecule has 0 saturated carbocycles. The van der Waals surface area contributed by atoms with Gasteiger partial charge in [0.15, 0.2) is 0 Å². The molecular formula is C16H20Br2N2O6P2. The highest BCUT2D eigenvalue weighted by atomic mass is 79.9. The van der Waals surface area contributed by atoms with Crippen LogP contribution in [0.4, 0.5) is 0 Å². The van der Waals surface area contributed by atoms with Crippen LogP contribution in [0.25, 0.3) is 0 Å². The van der Waals surface area contributed by atoms with Gasteiger partial charge in [-0.3, -0.25) is 19.8 Å². The Balaban J connectivity index is 2.04. The molecule has 0 aliphatic carbocycles. The first-order valence-electron chi connectivity index (χ1n) is 8.06. The number of rotatable bonds is 9. The molecule has 0 bridgehead atoms. The van der Waals surface area contributed by atoms with E-state index in [4.69, 9.17) is 0 Å². The normalized spacial score (nSPS) is 14.6. The second kappa shape index (κ2) is 10.1. The first kappa shape index (κ1) is 23.9. The van der Waals surface area contributed by atoms with Gasteiger partial charge in [-0.2, -0.15) is 0 Å². The van der Waals surface area contributed by atoms with E-state index in [0.717, 1.165) is 8.95 Å². The Morgan fingerprint density at radius 2 is 0.964 bits per heavy atom. The van der Waals surface area contributed by atoms with Crippen LogP contribution in [0.1, 0.15) is 22.7 Å². The van der Waals surface area contributed by atoms with Crippen molar-refractivity contribution >= 4 is 47.1 Å². The fourth-order valence-electron chi connectivity index (χ4n) is 2.57. The van der Waals surface area contributed by atoms with Crippen LogP contribution < -0.4 is 10.6 Å². The minimum absolute atomic E-state index is 0.0822. The molecule has 0 aliphatic rings. The lowest BCUT2D eigenvalue weighted by Crippen LogP contribution is -2.32. The van der Waals surface area contributed by atoms with Gasteiger partial charge in [0.25, 0.3) is 0 Å². The Labute approximate surface area is 179 Å². The van der Waals surface area contributed by atoms with Crippen molar-refractivity contribution in [2.45, 2.75) is 11.6 Å². The third-order valence-corrected chi connectivity index (χ3v) is 7.21. The average molecular weight is 558 g/mol. The highest BCUT2D eigenvalue weighted by Crippen LogP contribution is 2.51. The van der Waals surface area contributed by atoms with E-state index < -0.39 is 26.8 Å². The summed E-state index contributed by atoms with van der Waals surface area (Å²) in [7, 11) is -8.97. The lowest BCUT2D eigenvalue weighted by atomic mass is 10.2. The number of halogens is 2. The first-order valence-corrected chi connectivity index (χ1v) is 13.0. The van der Waals surface area contributed by atoms with Crippen LogP contribution in [0.2, 0.25) is 0 Å². The number of benzene rings is 2. The van der Waals surface area contributed by atoms with Gasteiger partial charge in [-0.25, -0.2) is 0 Å². The fraction of sp³-hybridized carbons (Fsp3) is 0.250. The molecule has 2 unspecified atom stereocenters. The van der Waals surface area contributed by atoms with E-state index in [0.29, 0.717) is 11.1 Å². The van der Waals surface area contributed by atoms with Gasteiger partial charge in [-0.05, 0) is 35.4 Å². The summed E-state index contributed by atoms with van der Waals surface area (Å²) < 4.78 is 25.2. The Hall–Kier alpha value is -0.380. The van der Waals surface area contributed by atoms with Gasteiger partial charge in [0, 0.05) is 22.0 Å². The van der Waals surface area contributed by atoms with Crippen LogP contribution in [0, 0.1) is 0 Å². The van der Waals surface area contributed by atoms with Crippen LogP contribution in [-0.2, 0) is 9.13 Å². The summed E-state index contributed by atoms with van der Waals surface area (Å²) in [5, 5.41) is 5.52. The monoisotopic (exact) mass is 556 g/mol. The zero-order chi connectivity index (χ0) is 20.9. The van der Waals surface area contributed by atoms with Crippen molar-refractivity contribution in [1.29, 1.82) is 0 Å². The van der Waals surface area contributed by atoms with Gasteiger partial charge >= 0.3 is 15.2 Å². The van der Waals surface area contributed by atoms with Crippen molar-refractivity contribution < 1.29 is 28.7 Å². The van der Waals surface area contributed by atoms with Gasteiger partial charge in [0.05, 0.1) is 0 Å². The van der Waals surface area contributed by atoms with Crippen LogP contribution in [0.3, 0.4) is 0 Å². The summed E-state index contributed by atoms with van der Waals surface area (Å²) in [5.74, 6) is -2.44. The van der Waals surface area contributed by atoms with Crippen LogP contribution in [-0.4, -0.2) is 32.7 Å². The second-order valence-corrected chi connectivity index (χ2v) is 11.2. The standard InChI is InChI=1S/C16H20Br2N2O6P2/c17-13-5-1-11(2-6-13)15(27(21,22)23)19-9-10-20-16(28(24,25)26)12-3-7-14(18)8-4-12/h1-8,15-16,19-20H,9-10H2,(H2,21,22,23)(H2,24,25,26). The first-order chi connectivity index (χ1) is 13.0. The van der Waals surface area contributed by atoms with Gasteiger partial charge in [0.2, 0.25) is 0 Å². The largest absolute Gasteiger partial charge is 0.346 e. The molecule has 0 spiro atoms. The summed E-state index contributed by atoms with van der Waals surface area (Å²) in [6, 6.07) is 13.1. The molecule has 0 radical (unpaired) electrons. The number of hydrogen-bond acceptors (Lipinski definition) is 4. The van der Waals surface area contributed by atoms with Crippen molar-refractivity contribution in [1.82, 2.24) is 10.6 Å².